The minimum atomic E-state index is 0.965. The fourth-order valence-electron chi connectivity index (χ4n) is 1.59. The fraction of sp³-hybridized carbons (Fsp3) is 0.357. The predicted octanol–water partition coefficient (Wildman–Crippen LogP) is 4.11. The van der Waals surface area contributed by atoms with Crippen molar-refractivity contribution in [2.45, 2.75) is 32.6 Å². The normalized spacial score (nSPS) is 12.2. The van der Waals surface area contributed by atoms with Gasteiger partial charge in [0.2, 0.25) is 0 Å². The first-order chi connectivity index (χ1) is 7.86. The first-order valence-corrected chi connectivity index (χ1v) is 5.80. The number of oxime groups is 1. The van der Waals surface area contributed by atoms with Crippen LogP contribution >= 0.6 is 0 Å². The Morgan fingerprint density at radius 3 is 2.62 bits per heavy atom. The number of unbranched alkanes of at least 4 members (excludes halogenated alkanes) is 2. The first kappa shape index (κ1) is 12.5. The molecule has 0 radical (unpaired) electrons. The zero-order chi connectivity index (χ0) is 11.6. The number of nitrogens with zero attached hydrogens (tertiary/aromatic N) is 1. The highest BCUT2D eigenvalue weighted by molar-refractivity contribution is 5.85. The Balaban J connectivity index is 2.65. The second-order valence-corrected chi connectivity index (χ2v) is 3.83. The molecule has 0 aliphatic rings. The lowest BCUT2D eigenvalue weighted by atomic mass is 10.1. The standard InChI is InChI=1S/C14H19NO/c1-2-3-5-10-14(12-15-16)11-13-8-6-4-7-9-13/h4,6-9,11-12,16H,2-3,5,10H2,1H3/b14-11-,15-12+. The van der Waals surface area contributed by atoms with Crippen molar-refractivity contribution >= 4 is 12.3 Å². The van der Waals surface area contributed by atoms with E-state index in [4.69, 9.17) is 5.21 Å². The van der Waals surface area contributed by atoms with Crippen molar-refractivity contribution in [1.29, 1.82) is 0 Å². The molecule has 0 unspecified atom stereocenters. The maximum absolute atomic E-state index is 8.60. The maximum Gasteiger partial charge on any atom is 0.0693 e. The van der Waals surface area contributed by atoms with Crippen LogP contribution in [0.1, 0.15) is 38.2 Å². The summed E-state index contributed by atoms with van der Waals surface area (Å²) in [6.45, 7) is 2.18. The van der Waals surface area contributed by atoms with Gasteiger partial charge in [-0.1, -0.05) is 61.3 Å². The number of hydrogen-bond donors (Lipinski definition) is 1. The van der Waals surface area contributed by atoms with Gasteiger partial charge in [0.1, 0.15) is 0 Å². The summed E-state index contributed by atoms with van der Waals surface area (Å²) in [6.07, 6.45) is 8.12. The molecule has 2 nitrogen and oxygen atoms in total. The lowest BCUT2D eigenvalue weighted by Gasteiger charge is -2.01. The van der Waals surface area contributed by atoms with E-state index >= 15 is 0 Å². The number of benzene rings is 1. The molecule has 0 aliphatic carbocycles. The molecule has 2 heteroatoms. The Bertz CT molecular complexity index is 341. The van der Waals surface area contributed by atoms with Gasteiger partial charge in [0, 0.05) is 0 Å². The Morgan fingerprint density at radius 1 is 1.25 bits per heavy atom. The Hall–Kier alpha value is -1.57. The maximum atomic E-state index is 8.60. The van der Waals surface area contributed by atoms with Gasteiger partial charge in [0.25, 0.3) is 0 Å². The Kier molecular flexibility index (Phi) is 6.00. The minimum absolute atomic E-state index is 0.965. The fourth-order valence-corrected chi connectivity index (χ4v) is 1.59. The van der Waals surface area contributed by atoms with Crippen molar-refractivity contribution in [3.63, 3.8) is 0 Å². The van der Waals surface area contributed by atoms with E-state index in [1.807, 2.05) is 30.3 Å². The first-order valence-electron chi connectivity index (χ1n) is 5.80. The molecule has 0 amide bonds. The van der Waals surface area contributed by atoms with Crippen LogP contribution in [-0.2, 0) is 0 Å². The third kappa shape index (κ3) is 4.78. The zero-order valence-corrected chi connectivity index (χ0v) is 9.76. The summed E-state index contributed by atoms with van der Waals surface area (Å²) in [7, 11) is 0. The van der Waals surface area contributed by atoms with Crippen molar-refractivity contribution in [3.05, 3.63) is 41.5 Å². The van der Waals surface area contributed by atoms with Gasteiger partial charge in [-0.15, -0.1) is 0 Å². The Morgan fingerprint density at radius 2 is 2.00 bits per heavy atom. The van der Waals surface area contributed by atoms with Gasteiger partial charge < -0.3 is 5.21 Å². The van der Waals surface area contributed by atoms with Crippen LogP contribution in [0.2, 0.25) is 0 Å². The topological polar surface area (TPSA) is 32.6 Å². The second-order valence-electron chi connectivity index (χ2n) is 3.83. The molecule has 1 N–H and O–H groups in total. The smallest absolute Gasteiger partial charge is 0.0693 e. The van der Waals surface area contributed by atoms with Crippen LogP contribution in [0, 0.1) is 0 Å². The van der Waals surface area contributed by atoms with E-state index in [1.165, 1.54) is 19.1 Å². The lowest BCUT2D eigenvalue weighted by molar-refractivity contribution is 0.321. The van der Waals surface area contributed by atoms with Crippen molar-refractivity contribution < 1.29 is 5.21 Å². The van der Waals surface area contributed by atoms with E-state index in [2.05, 4.69) is 18.2 Å². The molecule has 0 saturated carbocycles. The monoisotopic (exact) mass is 217 g/mol. The molecule has 0 saturated heterocycles. The van der Waals surface area contributed by atoms with Gasteiger partial charge in [0.05, 0.1) is 6.21 Å². The summed E-state index contributed by atoms with van der Waals surface area (Å²) in [6, 6.07) is 10.1. The van der Waals surface area contributed by atoms with Gasteiger partial charge in [-0.05, 0) is 24.0 Å². The highest BCUT2D eigenvalue weighted by Crippen LogP contribution is 2.12. The van der Waals surface area contributed by atoms with E-state index < -0.39 is 0 Å². The predicted molar refractivity (Wildman–Crippen MR) is 68.8 cm³/mol. The van der Waals surface area contributed by atoms with Gasteiger partial charge in [-0.25, -0.2) is 0 Å². The third-order valence-corrected chi connectivity index (χ3v) is 2.44. The van der Waals surface area contributed by atoms with Gasteiger partial charge in [-0.3, -0.25) is 0 Å². The van der Waals surface area contributed by atoms with Gasteiger partial charge in [-0.2, -0.15) is 0 Å². The molecule has 1 aromatic carbocycles. The summed E-state index contributed by atoms with van der Waals surface area (Å²) in [5.41, 5.74) is 2.22. The summed E-state index contributed by atoms with van der Waals surface area (Å²) in [5, 5.41) is 11.7. The van der Waals surface area contributed by atoms with E-state index in [-0.39, 0.29) is 0 Å². The molecular formula is C14H19NO. The third-order valence-electron chi connectivity index (χ3n) is 2.44. The second kappa shape index (κ2) is 7.69. The summed E-state index contributed by atoms with van der Waals surface area (Å²) >= 11 is 0. The molecule has 16 heavy (non-hydrogen) atoms. The Labute approximate surface area is 97.3 Å². The summed E-state index contributed by atoms with van der Waals surface area (Å²) in [4.78, 5) is 0. The average Bonchev–Trinajstić information content (AvgIpc) is 2.31. The molecule has 0 spiro atoms. The highest BCUT2D eigenvalue weighted by Gasteiger charge is 1.95. The highest BCUT2D eigenvalue weighted by atomic mass is 16.4. The SMILES string of the molecule is CCCCCC(=C/c1ccccc1)/C=N/O. The van der Waals surface area contributed by atoms with Crippen molar-refractivity contribution in [2.75, 3.05) is 0 Å². The van der Waals surface area contributed by atoms with E-state index in [1.54, 1.807) is 0 Å². The quantitative estimate of drug-likeness (QED) is 0.331. The molecule has 0 atom stereocenters. The molecule has 1 rings (SSSR count). The van der Waals surface area contributed by atoms with E-state index in [0.717, 1.165) is 24.0 Å². The lowest BCUT2D eigenvalue weighted by Crippen LogP contribution is -1.87. The number of allylic oxidation sites excluding steroid dienone is 1. The van der Waals surface area contributed by atoms with Crippen LogP contribution in [0.5, 0.6) is 0 Å². The number of rotatable bonds is 6. The average molecular weight is 217 g/mol. The van der Waals surface area contributed by atoms with Crippen molar-refractivity contribution in [3.8, 4) is 0 Å². The van der Waals surface area contributed by atoms with Crippen LogP contribution in [0.15, 0.2) is 41.1 Å². The van der Waals surface area contributed by atoms with E-state index in [9.17, 15) is 0 Å². The summed E-state index contributed by atoms with van der Waals surface area (Å²) < 4.78 is 0. The van der Waals surface area contributed by atoms with Crippen molar-refractivity contribution in [2.24, 2.45) is 5.16 Å². The summed E-state index contributed by atoms with van der Waals surface area (Å²) in [5.74, 6) is 0. The molecule has 0 heterocycles. The molecule has 0 fully saturated rings. The molecule has 1 aromatic rings. The zero-order valence-electron chi connectivity index (χ0n) is 9.76. The molecule has 0 aliphatic heterocycles. The van der Waals surface area contributed by atoms with E-state index in [0.29, 0.717) is 0 Å². The molecule has 86 valence electrons. The van der Waals surface area contributed by atoms with Gasteiger partial charge in [0.15, 0.2) is 0 Å². The number of hydrogen-bond acceptors (Lipinski definition) is 2. The minimum Gasteiger partial charge on any atom is -0.411 e. The molecule has 0 bridgehead atoms. The molecular weight excluding hydrogens is 198 g/mol. The largest absolute Gasteiger partial charge is 0.411 e. The van der Waals surface area contributed by atoms with Crippen LogP contribution in [0.25, 0.3) is 6.08 Å². The molecule has 0 aromatic heterocycles. The van der Waals surface area contributed by atoms with Crippen LogP contribution < -0.4 is 0 Å². The van der Waals surface area contributed by atoms with Crippen molar-refractivity contribution in [1.82, 2.24) is 0 Å². The van der Waals surface area contributed by atoms with Gasteiger partial charge >= 0.3 is 0 Å². The van der Waals surface area contributed by atoms with Crippen LogP contribution in [-0.4, -0.2) is 11.4 Å². The van der Waals surface area contributed by atoms with Crippen LogP contribution in [0.4, 0.5) is 0 Å². The van der Waals surface area contributed by atoms with Crippen LogP contribution in [0.3, 0.4) is 0 Å².